The SMILES string of the molecule is CC(=O)c1ccc(NC(=S)Nc2cccc(SC(C)C(=O)Nc3cc(Cl)ccc3Cl)c2)cc1. The van der Waals surface area contributed by atoms with Crippen LogP contribution in [0.3, 0.4) is 0 Å². The monoisotopic (exact) mass is 517 g/mol. The highest BCUT2D eigenvalue weighted by atomic mass is 35.5. The molecule has 0 aliphatic heterocycles. The van der Waals surface area contributed by atoms with Crippen LogP contribution in [0.25, 0.3) is 0 Å². The van der Waals surface area contributed by atoms with E-state index in [9.17, 15) is 9.59 Å². The molecular formula is C24H21Cl2N3O2S2. The molecular weight excluding hydrogens is 497 g/mol. The summed E-state index contributed by atoms with van der Waals surface area (Å²) in [5.74, 6) is -0.177. The molecule has 33 heavy (non-hydrogen) atoms. The summed E-state index contributed by atoms with van der Waals surface area (Å²) < 4.78 is 0. The second-order valence-electron chi connectivity index (χ2n) is 7.11. The summed E-state index contributed by atoms with van der Waals surface area (Å²) in [5, 5.41) is 9.99. The first-order valence-corrected chi connectivity index (χ1v) is 12.0. The van der Waals surface area contributed by atoms with Gasteiger partial charge in [-0.25, -0.2) is 0 Å². The molecule has 0 radical (unpaired) electrons. The van der Waals surface area contributed by atoms with Crippen LogP contribution < -0.4 is 16.0 Å². The van der Waals surface area contributed by atoms with Gasteiger partial charge >= 0.3 is 0 Å². The molecule has 3 aromatic rings. The number of ketones is 1. The number of nitrogens with one attached hydrogen (secondary N) is 3. The molecule has 1 unspecified atom stereocenters. The number of rotatable bonds is 7. The van der Waals surface area contributed by atoms with Gasteiger partial charge in [0.15, 0.2) is 10.9 Å². The fourth-order valence-electron chi connectivity index (χ4n) is 2.81. The molecule has 0 aromatic heterocycles. The van der Waals surface area contributed by atoms with Gasteiger partial charge in [0.1, 0.15) is 0 Å². The molecule has 0 spiro atoms. The van der Waals surface area contributed by atoms with Gasteiger partial charge in [-0.05, 0) is 86.7 Å². The van der Waals surface area contributed by atoms with Crippen LogP contribution in [0.1, 0.15) is 24.2 Å². The molecule has 0 saturated heterocycles. The van der Waals surface area contributed by atoms with E-state index in [-0.39, 0.29) is 16.9 Å². The van der Waals surface area contributed by atoms with Crippen molar-refractivity contribution in [2.75, 3.05) is 16.0 Å². The minimum Gasteiger partial charge on any atom is -0.332 e. The third kappa shape index (κ3) is 7.47. The second kappa shape index (κ2) is 11.5. The molecule has 1 amide bonds. The van der Waals surface area contributed by atoms with Crippen molar-refractivity contribution in [3.63, 3.8) is 0 Å². The number of hydrogen-bond acceptors (Lipinski definition) is 4. The Kier molecular flexibility index (Phi) is 8.74. The van der Waals surface area contributed by atoms with E-state index in [1.165, 1.54) is 18.7 Å². The number of halogens is 2. The van der Waals surface area contributed by atoms with Gasteiger partial charge in [0.2, 0.25) is 5.91 Å². The zero-order valence-corrected chi connectivity index (χ0v) is 21.0. The summed E-state index contributed by atoms with van der Waals surface area (Å²) in [7, 11) is 0. The number of carbonyl (C=O) groups is 2. The van der Waals surface area contributed by atoms with Crippen molar-refractivity contribution in [1.29, 1.82) is 0 Å². The van der Waals surface area contributed by atoms with Gasteiger partial charge in [-0.15, -0.1) is 11.8 Å². The molecule has 0 bridgehead atoms. The van der Waals surface area contributed by atoms with Gasteiger partial charge in [-0.3, -0.25) is 9.59 Å². The van der Waals surface area contributed by atoms with Gasteiger partial charge in [-0.1, -0.05) is 29.3 Å². The van der Waals surface area contributed by atoms with Gasteiger partial charge in [0.25, 0.3) is 0 Å². The molecule has 0 saturated carbocycles. The van der Waals surface area contributed by atoms with E-state index in [1.807, 2.05) is 31.2 Å². The van der Waals surface area contributed by atoms with E-state index in [0.717, 1.165) is 16.3 Å². The van der Waals surface area contributed by atoms with E-state index in [4.69, 9.17) is 35.4 Å². The van der Waals surface area contributed by atoms with E-state index < -0.39 is 0 Å². The first-order chi connectivity index (χ1) is 15.7. The average Bonchev–Trinajstić information content (AvgIpc) is 2.76. The minimum absolute atomic E-state index is 0.00939. The normalized spacial score (nSPS) is 11.4. The second-order valence-corrected chi connectivity index (χ2v) is 9.78. The Labute approximate surface area is 212 Å². The number of amides is 1. The number of anilines is 3. The Balaban J connectivity index is 1.58. The van der Waals surface area contributed by atoms with Crippen LogP contribution in [0, 0.1) is 0 Å². The lowest BCUT2D eigenvalue weighted by Crippen LogP contribution is -2.22. The summed E-state index contributed by atoms with van der Waals surface area (Å²) in [6.45, 7) is 3.34. The van der Waals surface area contributed by atoms with Crippen LogP contribution in [-0.4, -0.2) is 22.1 Å². The maximum atomic E-state index is 12.6. The molecule has 0 fully saturated rings. The predicted octanol–water partition coefficient (Wildman–Crippen LogP) is 7.12. The fourth-order valence-corrected chi connectivity index (χ4v) is 4.31. The Morgan fingerprint density at radius 3 is 2.30 bits per heavy atom. The number of hydrogen-bond donors (Lipinski definition) is 3. The molecule has 9 heteroatoms. The van der Waals surface area contributed by atoms with E-state index in [1.54, 1.807) is 42.5 Å². The maximum Gasteiger partial charge on any atom is 0.237 e. The lowest BCUT2D eigenvalue weighted by atomic mass is 10.1. The topological polar surface area (TPSA) is 70.2 Å². The molecule has 0 aliphatic carbocycles. The van der Waals surface area contributed by atoms with Crippen molar-refractivity contribution in [2.24, 2.45) is 0 Å². The van der Waals surface area contributed by atoms with Crippen LogP contribution in [-0.2, 0) is 4.79 Å². The first kappa shape index (κ1) is 25.1. The minimum atomic E-state index is -0.375. The predicted molar refractivity (Wildman–Crippen MR) is 143 cm³/mol. The average molecular weight is 518 g/mol. The smallest absolute Gasteiger partial charge is 0.237 e. The largest absolute Gasteiger partial charge is 0.332 e. The van der Waals surface area contributed by atoms with Crippen LogP contribution in [0.4, 0.5) is 17.1 Å². The highest BCUT2D eigenvalue weighted by molar-refractivity contribution is 8.00. The Hall–Kier alpha value is -2.58. The third-order valence-electron chi connectivity index (χ3n) is 4.51. The number of carbonyl (C=O) groups excluding carboxylic acids is 2. The van der Waals surface area contributed by atoms with Crippen molar-refractivity contribution in [3.05, 3.63) is 82.3 Å². The van der Waals surface area contributed by atoms with Crippen molar-refractivity contribution in [2.45, 2.75) is 24.0 Å². The molecule has 170 valence electrons. The first-order valence-electron chi connectivity index (χ1n) is 9.93. The summed E-state index contributed by atoms with van der Waals surface area (Å²) in [6, 6.07) is 19.6. The molecule has 1 atom stereocenters. The number of thioether (sulfide) groups is 1. The summed E-state index contributed by atoms with van der Waals surface area (Å²) in [4.78, 5) is 24.9. The van der Waals surface area contributed by atoms with Crippen molar-refractivity contribution in [1.82, 2.24) is 0 Å². The van der Waals surface area contributed by atoms with Crippen LogP contribution in [0.5, 0.6) is 0 Å². The Morgan fingerprint density at radius 1 is 0.909 bits per heavy atom. The van der Waals surface area contributed by atoms with Gasteiger partial charge in [0, 0.05) is 26.9 Å². The van der Waals surface area contributed by atoms with Crippen molar-refractivity contribution >= 4 is 81.0 Å². The third-order valence-corrected chi connectivity index (χ3v) is 6.37. The molecule has 0 aliphatic rings. The van der Waals surface area contributed by atoms with E-state index in [0.29, 0.717) is 26.4 Å². The Morgan fingerprint density at radius 2 is 1.61 bits per heavy atom. The maximum absolute atomic E-state index is 12.6. The van der Waals surface area contributed by atoms with Crippen LogP contribution in [0.2, 0.25) is 10.0 Å². The zero-order chi connectivity index (χ0) is 24.0. The molecule has 3 rings (SSSR count). The van der Waals surface area contributed by atoms with Crippen LogP contribution in [0.15, 0.2) is 71.6 Å². The summed E-state index contributed by atoms with van der Waals surface area (Å²) >= 11 is 18.9. The summed E-state index contributed by atoms with van der Waals surface area (Å²) in [5.41, 5.74) is 2.67. The van der Waals surface area contributed by atoms with E-state index >= 15 is 0 Å². The lowest BCUT2D eigenvalue weighted by molar-refractivity contribution is -0.115. The highest BCUT2D eigenvalue weighted by Crippen LogP contribution is 2.29. The van der Waals surface area contributed by atoms with Gasteiger partial charge in [-0.2, -0.15) is 0 Å². The highest BCUT2D eigenvalue weighted by Gasteiger charge is 2.16. The van der Waals surface area contributed by atoms with Gasteiger partial charge in [0.05, 0.1) is 16.0 Å². The lowest BCUT2D eigenvalue weighted by Gasteiger charge is -2.15. The molecule has 0 heterocycles. The quantitative estimate of drug-likeness (QED) is 0.176. The summed E-state index contributed by atoms with van der Waals surface area (Å²) in [6.07, 6.45) is 0. The van der Waals surface area contributed by atoms with Crippen molar-refractivity contribution in [3.8, 4) is 0 Å². The number of thiocarbonyl (C=S) groups is 1. The Bertz CT molecular complexity index is 1190. The van der Waals surface area contributed by atoms with E-state index in [2.05, 4.69) is 16.0 Å². The number of benzene rings is 3. The fraction of sp³-hybridized carbons (Fsp3) is 0.125. The molecule has 3 aromatic carbocycles. The van der Waals surface area contributed by atoms with Crippen LogP contribution >= 0.6 is 47.2 Å². The number of Topliss-reactive ketones (excluding diaryl/α,β-unsaturated/α-hetero) is 1. The molecule has 3 N–H and O–H groups in total. The molecule has 5 nitrogen and oxygen atoms in total. The zero-order valence-electron chi connectivity index (χ0n) is 17.8. The van der Waals surface area contributed by atoms with Gasteiger partial charge < -0.3 is 16.0 Å². The standard InChI is InChI=1S/C24H21Cl2N3O2S2/c1-14(30)16-6-9-18(10-7-16)27-24(32)28-19-4-3-5-20(13-19)33-15(2)23(31)29-22-12-17(25)8-11-21(22)26/h3-13,15H,1-2H3,(H,29,31)(H2,27,28,32). The van der Waals surface area contributed by atoms with Crippen molar-refractivity contribution < 1.29 is 9.59 Å².